The van der Waals surface area contributed by atoms with E-state index in [0.717, 1.165) is 5.56 Å². The molecule has 0 saturated carbocycles. The lowest BCUT2D eigenvalue weighted by atomic mass is 10.2. The number of nitrogens with zero attached hydrogens (tertiary/aromatic N) is 1. The molecule has 0 fully saturated rings. The normalized spacial score (nSPS) is 11.9. The first-order valence-electron chi connectivity index (χ1n) is 5.31. The Kier molecular flexibility index (Phi) is 4.32. The number of rotatable bonds is 5. The van der Waals surface area contributed by atoms with Crippen molar-refractivity contribution < 1.29 is 8.42 Å². The summed E-state index contributed by atoms with van der Waals surface area (Å²) in [5.74, 6) is 0.0367. The molecular formula is C11H18N2O2S. The second-order valence-electron chi connectivity index (χ2n) is 3.58. The fourth-order valence-corrected chi connectivity index (χ4v) is 3.12. The van der Waals surface area contributed by atoms with Crippen molar-refractivity contribution in [1.29, 1.82) is 0 Å². The number of hydrogen-bond acceptors (Lipinski definition) is 3. The molecule has 0 spiro atoms. The molecule has 0 saturated heterocycles. The van der Waals surface area contributed by atoms with E-state index in [9.17, 15) is 8.42 Å². The molecule has 4 nitrogen and oxygen atoms in total. The van der Waals surface area contributed by atoms with Crippen molar-refractivity contribution in [3.63, 3.8) is 0 Å². The van der Waals surface area contributed by atoms with Crippen molar-refractivity contribution in [2.45, 2.75) is 19.6 Å². The van der Waals surface area contributed by atoms with Crippen LogP contribution in [0.25, 0.3) is 0 Å². The van der Waals surface area contributed by atoms with Gasteiger partial charge in [0, 0.05) is 18.8 Å². The molecule has 90 valence electrons. The highest BCUT2D eigenvalue weighted by Gasteiger charge is 2.18. The van der Waals surface area contributed by atoms with Crippen LogP contribution in [0.4, 0.5) is 5.69 Å². The minimum Gasteiger partial charge on any atom is -0.399 e. The highest BCUT2D eigenvalue weighted by atomic mass is 32.2. The van der Waals surface area contributed by atoms with Gasteiger partial charge >= 0.3 is 0 Å². The third kappa shape index (κ3) is 3.21. The van der Waals surface area contributed by atoms with Crippen LogP contribution in [-0.4, -0.2) is 25.8 Å². The van der Waals surface area contributed by atoms with Crippen molar-refractivity contribution in [2.24, 2.45) is 0 Å². The molecule has 0 aliphatic heterocycles. The summed E-state index contributed by atoms with van der Waals surface area (Å²) in [6.07, 6.45) is 0. The van der Waals surface area contributed by atoms with Crippen molar-refractivity contribution in [3.05, 3.63) is 29.8 Å². The first-order valence-corrected chi connectivity index (χ1v) is 6.92. The molecule has 1 aromatic carbocycles. The Morgan fingerprint density at radius 2 is 1.62 bits per heavy atom. The standard InChI is InChI=1S/C11H18N2O2S/c1-3-13(4-2)16(14,15)9-10-5-7-11(12)8-6-10/h5-8H,3-4,9,12H2,1-2H3. The number of nitrogen functional groups attached to an aromatic ring is 1. The van der Waals surface area contributed by atoms with E-state index in [2.05, 4.69) is 0 Å². The van der Waals surface area contributed by atoms with E-state index in [0.29, 0.717) is 18.8 Å². The molecule has 0 heterocycles. The SMILES string of the molecule is CCN(CC)S(=O)(=O)Cc1ccc(N)cc1. The lowest BCUT2D eigenvalue weighted by Gasteiger charge is -2.18. The van der Waals surface area contributed by atoms with E-state index in [1.165, 1.54) is 4.31 Å². The third-order valence-electron chi connectivity index (χ3n) is 2.43. The molecule has 0 radical (unpaired) electrons. The smallest absolute Gasteiger partial charge is 0.218 e. The van der Waals surface area contributed by atoms with E-state index in [-0.39, 0.29) is 5.75 Å². The van der Waals surface area contributed by atoms with E-state index in [4.69, 9.17) is 5.73 Å². The summed E-state index contributed by atoms with van der Waals surface area (Å²) in [7, 11) is -3.20. The molecule has 0 aromatic heterocycles. The fourth-order valence-electron chi connectivity index (χ4n) is 1.53. The Balaban J connectivity index is 2.84. The van der Waals surface area contributed by atoms with Crippen LogP contribution in [0.2, 0.25) is 0 Å². The third-order valence-corrected chi connectivity index (χ3v) is 4.43. The zero-order valence-electron chi connectivity index (χ0n) is 9.68. The quantitative estimate of drug-likeness (QED) is 0.795. The van der Waals surface area contributed by atoms with E-state index < -0.39 is 10.0 Å². The average Bonchev–Trinajstić information content (AvgIpc) is 2.22. The Hall–Kier alpha value is -1.07. The minimum atomic E-state index is -3.20. The average molecular weight is 242 g/mol. The van der Waals surface area contributed by atoms with Crippen LogP contribution in [0.1, 0.15) is 19.4 Å². The fraction of sp³-hybridized carbons (Fsp3) is 0.455. The molecule has 0 aliphatic rings. The van der Waals surface area contributed by atoms with Gasteiger partial charge in [-0.15, -0.1) is 0 Å². The summed E-state index contributed by atoms with van der Waals surface area (Å²) >= 11 is 0. The van der Waals surface area contributed by atoms with Gasteiger partial charge in [0.15, 0.2) is 0 Å². The number of sulfonamides is 1. The van der Waals surface area contributed by atoms with Crippen LogP contribution in [0.3, 0.4) is 0 Å². The van der Waals surface area contributed by atoms with Gasteiger partial charge in [0.05, 0.1) is 5.75 Å². The predicted octanol–water partition coefficient (Wildman–Crippen LogP) is 1.44. The molecule has 0 unspecified atom stereocenters. The molecule has 0 amide bonds. The van der Waals surface area contributed by atoms with Gasteiger partial charge in [-0.1, -0.05) is 26.0 Å². The molecule has 1 rings (SSSR count). The van der Waals surface area contributed by atoms with Gasteiger partial charge in [0.1, 0.15) is 0 Å². The summed E-state index contributed by atoms with van der Waals surface area (Å²) < 4.78 is 25.3. The van der Waals surface area contributed by atoms with E-state index >= 15 is 0 Å². The first-order chi connectivity index (χ1) is 7.49. The van der Waals surface area contributed by atoms with Gasteiger partial charge < -0.3 is 5.73 Å². The molecule has 1 aromatic rings. The number of hydrogen-bond donors (Lipinski definition) is 1. The van der Waals surface area contributed by atoms with Crippen LogP contribution in [0.5, 0.6) is 0 Å². The largest absolute Gasteiger partial charge is 0.399 e. The van der Waals surface area contributed by atoms with Gasteiger partial charge in [-0.2, -0.15) is 0 Å². The number of nitrogens with two attached hydrogens (primary N) is 1. The first kappa shape index (κ1) is 13.0. The summed E-state index contributed by atoms with van der Waals surface area (Å²) in [6.45, 7) is 4.69. The van der Waals surface area contributed by atoms with Crippen LogP contribution in [0, 0.1) is 0 Å². The Labute approximate surface area is 97.1 Å². The predicted molar refractivity (Wildman–Crippen MR) is 66.4 cm³/mol. The Morgan fingerprint density at radius 3 is 2.06 bits per heavy atom. The summed E-state index contributed by atoms with van der Waals surface area (Å²) in [6, 6.07) is 6.92. The molecule has 2 N–H and O–H groups in total. The molecule has 0 bridgehead atoms. The van der Waals surface area contributed by atoms with Crippen LogP contribution >= 0.6 is 0 Å². The second kappa shape index (κ2) is 5.32. The van der Waals surface area contributed by atoms with Gasteiger partial charge in [-0.05, 0) is 17.7 Å². The molecular weight excluding hydrogens is 224 g/mol. The van der Waals surface area contributed by atoms with Gasteiger partial charge in [0.25, 0.3) is 0 Å². The Morgan fingerprint density at radius 1 is 1.12 bits per heavy atom. The van der Waals surface area contributed by atoms with Crippen LogP contribution in [-0.2, 0) is 15.8 Å². The molecule has 0 atom stereocenters. The molecule has 5 heteroatoms. The maximum atomic E-state index is 11.9. The van der Waals surface area contributed by atoms with Crippen molar-refractivity contribution >= 4 is 15.7 Å². The second-order valence-corrected chi connectivity index (χ2v) is 5.55. The van der Waals surface area contributed by atoms with E-state index in [1.54, 1.807) is 24.3 Å². The van der Waals surface area contributed by atoms with Gasteiger partial charge in [-0.3, -0.25) is 0 Å². The lowest BCUT2D eigenvalue weighted by Crippen LogP contribution is -2.31. The van der Waals surface area contributed by atoms with Gasteiger partial charge in [0.2, 0.25) is 10.0 Å². The highest BCUT2D eigenvalue weighted by Crippen LogP contribution is 2.12. The summed E-state index contributed by atoms with van der Waals surface area (Å²) in [5, 5.41) is 0. The van der Waals surface area contributed by atoms with Crippen LogP contribution < -0.4 is 5.73 Å². The highest BCUT2D eigenvalue weighted by molar-refractivity contribution is 7.88. The molecule has 16 heavy (non-hydrogen) atoms. The lowest BCUT2D eigenvalue weighted by molar-refractivity contribution is 0.444. The zero-order chi connectivity index (χ0) is 12.2. The zero-order valence-corrected chi connectivity index (χ0v) is 10.5. The van der Waals surface area contributed by atoms with Gasteiger partial charge in [-0.25, -0.2) is 12.7 Å². The maximum absolute atomic E-state index is 11.9. The van der Waals surface area contributed by atoms with E-state index in [1.807, 2.05) is 13.8 Å². The van der Waals surface area contributed by atoms with Crippen molar-refractivity contribution in [3.8, 4) is 0 Å². The number of anilines is 1. The summed E-state index contributed by atoms with van der Waals surface area (Å²) in [5.41, 5.74) is 6.95. The monoisotopic (exact) mass is 242 g/mol. The Bertz CT molecular complexity index is 422. The minimum absolute atomic E-state index is 0.0367. The van der Waals surface area contributed by atoms with Crippen LogP contribution in [0.15, 0.2) is 24.3 Å². The topological polar surface area (TPSA) is 63.4 Å². The molecule has 0 aliphatic carbocycles. The summed E-state index contributed by atoms with van der Waals surface area (Å²) in [4.78, 5) is 0. The number of benzene rings is 1. The van der Waals surface area contributed by atoms with Crippen molar-refractivity contribution in [1.82, 2.24) is 4.31 Å². The van der Waals surface area contributed by atoms with Crippen molar-refractivity contribution in [2.75, 3.05) is 18.8 Å². The maximum Gasteiger partial charge on any atom is 0.218 e.